The summed E-state index contributed by atoms with van der Waals surface area (Å²) in [4.78, 5) is 25.6. The van der Waals surface area contributed by atoms with Crippen LogP contribution in [0, 0.1) is 13.8 Å². The summed E-state index contributed by atoms with van der Waals surface area (Å²) >= 11 is 0. The molecule has 2 aromatic heterocycles. The number of aliphatic hydroxyl groups excluding tert-OH is 1. The Morgan fingerprint density at radius 3 is 2.77 bits per heavy atom. The van der Waals surface area contributed by atoms with Crippen LogP contribution in [0.15, 0.2) is 23.1 Å². The van der Waals surface area contributed by atoms with E-state index in [2.05, 4.69) is 25.2 Å². The maximum Gasteiger partial charge on any atom is 0.254 e. The molecule has 26 heavy (non-hydrogen) atoms. The third kappa shape index (κ3) is 4.66. The molecule has 0 spiro atoms. The van der Waals surface area contributed by atoms with Crippen LogP contribution in [0.4, 0.5) is 5.82 Å². The molecular weight excluding hydrogens is 334 g/mol. The number of nitrogens with one attached hydrogen (secondary N) is 2. The second kappa shape index (κ2) is 8.39. The molecule has 8 heteroatoms. The number of pyridine rings is 1. The zero-order valence-electron chi connectivity index (χ0n) is 15.2. The Kier molecular flexibility index (Phi) is 5.97. The fraction of sp³-hybridized carbons (Fsp3) is 0.500. The zero-order valence-corrected chi connectivity index (χ0v) is 15.2. The van der Waals surface area contributed by atoms with Crippen LogP contribution in [0.3, 0.4) is 0 Å². The minimum Gasteiger partial charge on any atom is -0.390 e. The molecule has 1 aliphatic heterocycles. The van der Waals surface area contributed by atoms with Crippen molar-refractivity contribution in [2.45, 2.75) is 20.0 Å². The maximum atomic E-state index is 11.9. The third-order valence-corrected chi connectivity index (χ3v) is 4.52. The average Bonchev–Trinajstić information content (AvgIpc) is 2.65. The van der Waals surface area contributed by atoms with Crippen LogP contribution in [0.2, 0.25) is 0 Å². The van der Waals surface area contributed by atoms with Gasteiger partial charge >= 0.3 is 0 Å². The van der Waals surface area contributed by atoms with E-state index in [0.29, 0.717) is 36.0 Å². The topological polar surface area (TPSA) is 103 Å². The Hall–Kier alpha value is -2.29. The molecule has 0 radical (unpaired) electrons. The number of hydrogen-bond acceptors (Lipinski definition) is 7. The Bertz CT molecular complexity index is 784. The molecule has 0 amide bonds. The molecule has 1 atom stereocenters. The van der Waals surface area contributed by atoms with E-state index in [1.54, 1.807) is 13.1 Å². The van der Waals surface area contributed by atoms with Crippen LogP contribution in [-0.2, 0) is 4.74 Å². The van der Waals surface area contributed by atoms with Crippen LogP contribution >= 0.6 is 0 Å². The van der Waals surface area contributed by atoms with Crippen molar-refractivity contribution in [1.29, 1.82) is 0 Å². The van der Waals surface area contributed by atoms with Gasteiger partial charge in [-0.15, -0.1) is 0 Å². The van der Waals surface area contributed by atoms with E-state index < -0.39 is 6.10 Å². The van der Waals surface area contributed by atoms with Crippen molar-refractivity contribution in [2.24, 2.45) is 0 Å². The Balaban J connectivity index is 1.57. The molecule has 1 saturated heterocycles. The van der Waals surface area contributed by atoms with Gasteiger partial charge in [0.05, 0.1) is 19.3 Å². The molecule has 1 unspecified atom stereocenters. The highest BCUT2D eigenvalue weighted by atomic mass is 16.5. The predicted molar refractivity (Wildman–Crippen MR) is 99.3 cm³/mol. The molecule has 140 valence electrons. The number of aromatic amines is 1. The number of β-amino-alcohol motifs (C(OH)–C–C–N with tert-alkyl or cyclic N) is 1. The number of aliphatic hydroxyl groups is 1. The molecule has 1 aliphatic rings. The first-order valence-electron chi connectivity index (χ1n) is 8.79. The van der Waals surface area contributed by atoms with Gasteiger partial charge in [-0.05, 0) is 26.0 Å². The molecule has 3 heterocycles. The Morgan fingerprint density at radius 2 is 2.12 bits per heavy atom. The Morgan fingerprint density at radius 1 is 1.35 bits per heavy atom. The lowest BCUT2D eigenvalue weighted by Crippen LogP contribution is -2.42. The lowest BCUT2D eigenvalue weighted by atomic mass is 10.2. The molecular formula is C18H25N5O3. The molecule has 0 aliphatic carbocycles. The van der Waals surface area contributed by atoms with Crippen molar-refractivity contribution in [3.63, 3.8) is 0 Å². The van der Waals surface area contributed by atoms with E-state index in [1.807, 2.05) is 19.1 Å². The highest BCUT2D eigenvalue weighted by Gasteiger charge is 2.15. The number of H-pyrrole nitrogens is 1. The first-order chi connectivity index (χ1) is 12.5. The smallest absolute Gasteiger partial charge is 0.254 e. The Labute approximate surface area is 152 Å². The summed E-state index contributed by atoms with van der Waals surface area (Å²) in [5, 5.41) is 13.3. The van der Waals surface area contributed by atoms with Gasteiger partial charge in [-0.2, -0.15) is 0 Å². The summed E-state index contributed by atoms with van der Waals surface area (Å²) in [6.45, 7) is 7.74. The van der Waals surface area contributed by atoms with Crippen LogP contribution in [0.25, 0.3) is 11.4 Å². The van der Waals surface area contributed by atoms with E-state index in [9.17, 15) is 9.90 Å². The fourth-order valence-electron chi connectivity index (χ4n) is 2.79. The summed E-state index contributed by atoms with van der Waals surface area (Å²) < 4.78 is 5.30. The van der Waals surface area contributed by atoms with E-state index in [0.717, 1.165) is 31.9 Å². The van der Waals surface area contributed by atoms with Crippen molar-refractivity contribution in [3.05, 3.63) is 39.9 Å². The van der Waals surface area contributed by atoms with E-state index in [1.165, 1.54) is 0 Å². The third-order valence-electron chi connectivity index (χ3n) is 4.52. The largest absolute Gasteiger partial charge is 0.390 e. The van der Waals surface area contributed by atoms with Gasteiger partial charge in [0.1, 0.15) is 11.6 Å². The highest BCUT2D eigenvalue weighted by molar-refractivity contribution is 5.56. The van der Waals surface area contributed by atoms with Gasteiger partial charge in [0.15, 0.2) is 0 Å². The van der Waals surface area contributed by atoms with E-state index in [4.69, 9.17) is 4.74 Å². The van der Waals surface area contributed by atoms with Crippen molar-refractivity contribution >= 4 is 5.82 Å². The minimum absolute atomic E-state index is 0.138. The van der Waals surface area contributed by atoms with Crippen molar-refractivity contribution < 1.29 is 9.84 Å². The van der Waals surface area contributed by atoms with Gasteiger partial charge in [0.2, 0.25) is 0 Å². The number of rotatable bonds is 6. The number of morpholine rings is 1. The van der Waals surface area contributed by atoms with Crippen LogP contribution < -0.4 is 10.9 Å². The number of nitrogens with zero attached hydrogens (tertiary/aromatic N) is 3. The second-order valence-corrected chi connectivity index (χ2v) is 6.50. The molecule has 0 bridgehead atoms. The van der Waals surface area contributed by atoms with Crippen molar-refractivity contribution in [3.8, 4) is 11.4 Å². The number of ether oxygens (including phenoxy) is 1. The first kappa shape index (κ1) is 18.5. The van der Waals surface area contributed by atoms with E-state index in [-0.39, 0.29) is 5.56 Å². The molecule has 3 rings (SSSR count). The van der Waals surface area contributed by atoms with Gasteiger partial charge in [-0.3, -0.25) is 9.69 Å². The standard InChI is InChI=1S/C18H25N5O3/c1-12-13(2)21-17(22-18(12)25)14-3-4-16(19-9-14)20-10-15(24)11-23-5-7-26-8-6-23/h3-4,9,15,24H,5-8,10-11H2,1-2H3,(H,19,20)(H,21,22,25). The zero-order chi connectivity index (χ0) is 18.5. The monoisotopic (exact) mass is 359 g/mol. The molecule has 2 aromatic rings. The quantitative estimate of drug-likeness (QED) is 0.692. The summed E-state index contributed by atoms with van der Waals surface area (Å²) in [7, 11) is 0. The normalized spacial score (nSPS) is 16.4. The average molecular weight is 359 g/mol. The number of hydrogen-bond donors (Lipinski definition) is 3. The highest BCUT2D eigenvalue weighted by Crippen LogP contribution is 2.15. The van der Waals surface area contributed by atoms with Gasteiger partial charge in [0.25, 0.3) is 5.56 Å². The van der Waals surface area contributed by atoms with Crippen LogP contribution in [0.1, 0.15) is 11.3 Å². The molecule has 0 saturated carbocycles. The van der Waals surface area contributed by atoms with Crippen molar-refractivity contribution in [1.82, 2.24) is 19.9 Å². The SMILES string of the molecule is Cc1nc(-c2ccc(NCC(O)CN3CCOCC3)nc2)[nH]c(=O)c1C. The summed E-state index contributed by atoms with van der Waals surface area (Å²) in [5.74, 6) is 1.17. The lowest BCUT2D eigenvalue weighted by Gasteiger charge is -2.28. The summed E-state index contributed by atoms with van der Waals surface area (Å²) in [6, 6.07) is 3.66. The molecule has 8 nitrogen and oxygen atoms in total. The fourth-order valence-corrected chi connectivity index (χ4v) is 2.79. The van der Waals surface area contributed by atoms with Gasteiger partial charge in [-0.1, -0.05) is 0 Å². The van der Waals surface area contributed by atoms with Gasteiger partial charge in [-0.25, -0.2) is 9.97 Å². The van der Waals surface area contributed by atoms with Crippen molar-refractivity contribution in [2.75, 3.05) is 44.7 Å². The van der Waals surface area contributed by atoms with Crippen LogP contribution in [0.5, 0.6) is 0 Å². The number of anilines is 1. The van der Waals surface area contributed by atoms with E-state index >= 15 is 0 Å². The van der Waals surface area contributed by atoms with Gasteiger partial charge in [0, 0.05) is 49.2 Å². The number of aromatic nitrogens is 3. The molecule has 3 N–H and O–H groups in total. The first-order valence-corrected chi connectivity index (χ1v) is 8.79. The molecule has 1 fully saturated rings. The minimum atomic E-state index is -0.479. The molecule has 0 aromatic carbocycles. The maximum absolute atomic E-state index is 11.9. The van der Waals surface area contributed by atoms with Gasteiger partial charge < -0.3 is 20.1 Å². The predicted octanol–water partition coefficient (Wildman–Crippen LogP) is 0.554. The number of aryl methyl sites for hydroxylation is 1. The summed E-state index contributed by atoms with van der Waals surface area (Å²) in [5.41, 5.74) is 1.93. The van der Waals surface area contributed by atoms with Crippen LogP contribution in [-0.4, -0.2) is 70.5 Å². The second-order valence-electron chi connectivity index (χ2n) is 6.50. The lowest BCUT2D eigenvalue weighted by molar-refractivity contribution is 0.0171. The summed E-state index contributed by atoms with van der Waals surface area (Å²) in [6.07, 6.45) is 1.18.